The molecule has 0 aromatic carbocycles. The first-order valence-corrected chi connectivity index (χ1v) is 5.49. The van der Waals surface area contributed by atoms with Crippen LogP contribution in [0.15, 0.2) is 6.20 Å². The van der Waals surface area contributed by atoms with Crippen molar-refractivity contribution in [1.29, 1.82) is 0 Å². The summed E-state index contributed by atoms with van der Waals surface area (Å²) in [6, 6.07) is 0. The van der Waals surface area contributed by atoms with E-state index < -0.39 is 0 Å². The number of nitrogens with one attached hydrogen (secondary N) is 3. The highest BCUT2D eigenvalue weighted by molar-refractivity contribution is 5.67. The molecule has 80 valence electrons. The van der Waals surface area contributed by atoms with Gasteiger partial charge in [0, 0.05) is 5.92 Å². The summed E-state index contributed by atoms with van der Waals surface area (Å²) in [5.74, 6) is 2.48. The maximum atomic E-state index is 4.56. The standard InChI is InChI=1S/C10H15N5/c1-3-11-4-2-7(1)9-12-5-8-10(15-9)14-6-13-8/h5,7,11,13H,1-4,6H2,(H,12,14,15). The van der Waals surface area contributed by atoms with Crippen molar-refractivity contribution in [3.63, 3.8) is 0 Å². The van der Waals surface area contributed by atoms with Gasteiger partial charge in [-0.05, 0) is 25.9 Å². The molecule has 0 saturated carbocycles. The lowest BCUT2D eigenvalue weighted by atomic mass is 9.97. The average molecular weight is 205 g/mol. The van der Waals surface area contributed by atoms with Crippen LogP contribution < -0.4 is 16.0 Å². The Kier molecular flexibility index (Phi) is 2.17. The van der Waals surface area contributed by atoms with Gasteiger partial charge in [-0.3, -0.25) is 0 Å². The second kappa shape index (κ2) is 3.66. The van der Waals surface area contributed by atoms with Gasteiger partial charge >= 0.3 is 0 Å². The smallest absolute Gasteiger partial charge is 0.154 e. The minimum Gasteiger partial charge on any atom is -0.364 e. The number of hydrogen-bond acceptors (Lipinski definition) is 5. The van der Waals surface area contributed by atoms with Crippen LogP contribution in [-0.2, 0) is 0 Å². The largest absolute Gasteiger partial charge is 0.364 e. The molecule has 0 amide bonds. The summed E-state index contributed by atoms with van der Waals surface area (Å²) in [6.45, 7) is 2.92. The van der Waals surface area contributed by atoms with Crippen molar-refractivity contribution in [2.45, 2.75) is 18.8 Å². The SMILES string of the molecule is c1nc(C2CCNCC2)nc2c1NCN2. The lowest BCUT2D eigenvalue weighted by Crippen LogP contribution is -2.27. The van der Waals surface area contributed by atoms with Gasteiger partial charge in [0.05, 0.1) is 18.6 Å². The predicted octanol–water partition coefficient (Wildman–Crippen LogP) is 0.738. The molecule has 2 aliphatic heterocycles. The molecule has 1 aromatic rings. The van der Waals surface area contributed by atoms with Crippen molar-refractivity contribution in [1.82, 2.24) is 15.3 Å². The first-order valence-electron chi connectivity index (χ1n) is 5.49. The van der Waals surface area contributed by atoms with Crippen molar-refractivity contribution in [2.75, 3.05) is 30.4 Å². The molecule has 1 aromatic heterocycles. The highest BCUT2D eigenvalue weighted by Gasteiger charge is 2.20. The zero-order valence-corrected chi connectivity index (χ0v) is 8.58. The van der Waals surface area contributed by atoms with Gasteiger partial charge in [-0.1, -0.05) is 0 Å². The molecule has 3 rings (SSSR count). The third kappa shape index (κ3) is 1.63. The van der Waals surface area contributed by atoms with Crippen molar-refractivity contribution in [3.8, 4) is 0 Å². The van der Waals surface area contributed by atoms with Crippen LogP contribution in [0.2, 0.25) is 0 Å². The Hall–Kier alpha value is -1.36. The fourth-order valence-corrected chi connectivity index (χ4v) is 2.16. The van der Waals surface area contributed by atoms with E-state index in [1.54, 1.807) is 0 Å². The summed E-state index contributed by atoms with van der Waals surface area (Å²) in [5.41, 5.74) is 1.02. The van der Waals surface area contributed by atoms with E-state index in [0.29, 0.717) is 5.92 Å². The Balaban J connectivity index is 1.85. The van der Waals surface area contributed by atoms with Crippen molar-refractivity contribution in [3.05, 3.63) is 12.0 Å². The van der Waals surface area contributed by atoms with Crippen molar-refractivity contribution >= 4 is 11.5 Å². The van der Waals surface area contributed by atoms with Crippen molar-refractivity contribution < 1.29 is 0 Å². The van der Waals surface area contributed by atoms with E-state index in [4.69, 9.17) is 0 Å². The molecule has 0 aliphatic carbocycles. The van der Waals surface area contributed by atoms with E-state index in [9.17, 15) is 0 Å². The zero-order valence-electron chi connectivity index (χ0n) is 8.58. The second-order valence-electron chi connectivity index (χ2n) is 4.05. The molecule has 3 N–H and O–H groups in total. The third-order valence-electron chi connectivity index (χ3n) is 3.05. The number of piperidine rings is 1. The fraction of sp³-hybridized carbons (Fsp3) is 0.600. The molecule has 0 radical (unpaired) electrons. The van der Waals surface area contributed by atoms with Gasteiger partial charge in [0.2, 0.25) is 0 Å². The number of anilines is 2. The summed E-state index contributed by atoms with van der Waals surface area (Å²) in [6.07, 6.45) is 4.18. The molecule has 2 aliphatic rings. The third-order valence-corrected chi connectivity index (χ3v) is 3.05. The number of hydrogen-bond donors (Lipinski definition) is 3. The van der Waals surface area contributed by atoms with Gasteiger partial charge in [-0.25, -0.2) is 9.97 Å². The lowest BCUT2D eigenvalue weighted by Gasteiger charge is -2.21. The van der Waals surface area contributed by atoms with E-state index in [1.165, 1.54) is 0 Å². The molecule has 0 bridgehead atoms. The van der Waals surface area contributed by atoms with Crippen LogP contribution in [-0.4, -0.2) is 29.7 Å². The number of fused-ring (bicyclic) bond motifs is 1. The van der Waals surface area contributed by atoms with Crippen LogP contribution in [0.4, 0.5) is 11.5 Å². The molecule has 5 heteroatoms. The summed E-state index contributed by atoms with van der Waals surface area (Å²) in [5, 5.41) is 9.74. The highest BCUT2D eigenvalue weighted by Crippen LogP contribution is 2.27. The normalized spacial score (nSPS) is 20.5. The first kappa shape index (κ1) is 8.91. The zero-order chi connectivity index (χ0) is 10.1. The van der Waals surface area contributed by atoms with E-state index >= 15 is 0 Å². The predicted molar refractivity (Wildman–Crippen MR) is 59.0 cm³/mol. The van der Waals surface area contributed by atoms with Gasteiger partial charge in [0.25, 0.3) is 0 Å². The molecule has 3 heterocycles. The van der Waals surface area contributed by atoms with Crippen LogP contribution in [0.5, 0.6) is 0 Å². The topological polar surface area (TPSA) is 61.9 Å². The maximum absolute atomic E-state index is 4.56. The Labute approximate surface area is 88.7 Å². The minimum absolute atomic E-state index is 0.527. The van der Waals surface area contributed by atoms with Gasteiger partial charge in [-0.2, -0.15) is 0 Å². The van der Waals surface area contributed by atoms with Crippen LogP contribution in [0.25, 0.3) is 0 Å². The highest BCUT2D eigenvalue weighted by atomic mass is 15.2. The van der Waals surface area contributed by atoms with Crippen molar-refractivity contribution in [2.24, 2.45) is 0 Å². The first-order chi connectivity index (χ1) is 7.43. The molecule has 1 saturated heterocycles. The second-order valence-corrected chi connectivity index (χ2v) is 4.05. The summed E-state index contributed by atoms with van der Waals surface area (Å²) in [4.78, 5) is 9.00. The molecular weight excluding hydrogens is 190 g/mol. The Morgan fingerprint density at radius 3 is 2.93 bits per heavy atom. The van der Waals surface area contributed by atoms with Gasteiger partial charge in [0.1, 0.15) is 5.82 Å². The number of rotatable bonds is 1. The van der Waals surface area contributed by atoms with Crippen LogP contribution in [0, 0.1) is 0 Å². The summed E-state index contributed by atoms with van der Waals surface area (Å²) >= 11 is 0. The molecule has 0 atom stereocenters. The Bertz CT molecular complexity index is 359. The molecule has 0 unspecified atom stereocenters. The Morgan fingerprint density at radius 1 is 1.20 bits per heavy atom. The van der Waals surface area contributed by atoms with Gasteiger partial charge < -0.3 is 16.0 Å². The van der Waals surface area contributed by atoms with Gasteiger partial charge in [-0.15, -0.1) is 0 Å². The fourth-order valence-electron chi connectivity index (χ4n) is 2.16. The number of aromatic nitrogens is 2. The quantitative estimate of drug-likeness (QED) is 0.631. The average Bonchev–Trinajstić information content (AvgIpc) is 2.77. The summed E-state index contributed by atoms with van der Waals surface area (Å²) < 4.78 is 0. The van der Waals surface area contributed by atoms with E-state index in [-0.39, 0.29) is 0 Å². The molecular formula is C10H15N5. The molecule has 15 heavy (non-hydrogen) atoms. The Morgan fingerprint density at radius 2 is 2.07 bits per heavy atom. The monoisotopic (exact) mass is 205 g/mol. The van der Waals surface area contributed by atoms with E-state index in [1.807, 2.05) is 6.20 Å². The molecule has 1 fully saturated rings. The maximum Gasteiger partial charge on any atom is 0.154 e. The minimum atomic E-state index is 0.527. The lowest BCUT2D eigenvalue weighted by molar-refractivity contribution is 0.445. The van der Waals surface area contributed by atoms with E-state index in [2.05, 4.69) is 25.9 Å². The van der Waals surface area contributed by atoms with E-state index in [0.717, 1.165) is 49.9 Å². The van der Waals surface area contributed by atoms with Crippen LogP contribution >= 0.6 is 0 Å². The van der Waals surface area contributed by atoms with Crippen LogP contribution in [0.3, 0.4) is 0 Å². The van der Waals surface area contributed by atoms with Crippen LogP contribution in [0.1, 0.15) is 24.6 Å². The molecule has 5 nitrogen and oxygen atoms in total. The summed E-state index contributed by atoms with van der Waals surface area (Å²) in [7, 11) is 0. The number of nitrogens with zero attached hydrogens (tertiary/aromatic N) is 2. The van der Waals surface area contributed by atoms with Gasteiger partial charge in [0.15, 0.2) is 5.82 Å². The molecule has 0 spiro atoms.